The molecule has 0 unspecified atom stereocenters. The number of hydrogen-bond acceptors (Lipinski definition) is 9. The van der Waals surface area contributed by atoms with Gasteiger partial charge in [0.2, 0.25) is 5.95 Å². The number of pyridine rings is 2. The summed E-state index contributed by atoms with van der Waals surface area (Å²) in [6.07, 6.45) is 7.35. The number of benzene rings is 1. The van der Waals surface area contributed by atoms with Crippen molar-refractivity contribution in [3.8, 4) is 11.3 Å². The van der Waals surface area contributed by atoms with Gasteiger partial charge in [0.05, 0.1) is 24.3 Å². The molecule has 0 saturated carbocycles. The molecule has 186 valence electrons. The Balaban J connectivity index is 1.54. The molecule has 9 nitrogen and oxygen atoms in total. The van der Waals surface area contributed by atoms with Crippen LogP contribution in [0, 0.1) is 0 Å². The summed E-state index contributed by atoms with van der Waals surface area (Å²) in [7, 11) is 1.78. The predicted molar refractivity (Wildman–Crippen MR) is 148 cm³/mol. The smallest absolute Gasteiger partial charge is 0.262 e. The number of nitrogens with one attached hydrogen (secondary N) is 2. The second-order valence-corrected chi connectivity index (χ2v) is 9.43. The van der Waals surface area contributed by atoms with Crippen LogP contribution in [0.15, 0.2) is 59.8 Å². The molecule has 2 N–H and O–H groups in total. The molecule has 0 aliphatic carbocycles. The minimum atomic E-state index is -0.0604. The van der Waals surface area contributed by atoms with Crippen molar-refractivity contribution in [3.05, 3.63) is 65.3 Å². The van der Waals surface area contributed by atoms with Gasteiger partial charge in [0.15, 0.2) is 0 Å². The Hall–Kier alpha value is -3.63. The third-order valence-corrected chi connectivity index (χ3v) is 6.76. The molecule has 10 heteroatoms. The molecule has 1 saturated heterocycles. The minimum Gasteiger partial charge on any atom is -0.378 e. The first-order valence-corrected chi connectivity index (χ1v) is 13.3. The standard InChI is InChI=1S/C26H29N7O2S/c1-27-26-28-16-19(17-29-26)22-15-18-7-8-33(11-14-36-2)25(34)23(18)24(31-22)30-20-3-5-21(6-4-20)32-9-12-35-13-10-32/h3-8,15-17H,9-14H2,1-2H3,(H,30,31)(H,27,28,29). The van der Waals surface area contributed by atoms with E-state index in [1.807, 2.05) is 36.7 Å². The topological polar surface area (TPSA) is 97.2 Å². The van der Waals surface area contributed by atoms with Gasteiger partial charge in [-0.1, -0.05) is 0 Å². The fourth-order valence-electron chi connectivity index (χ4n) is 4.21. The summed E-state index contributed by atoms with van der Waals surface area (Å²) in [5, 5.41) is 7.71. The van der Waals surface area contributed by atoms with Gasteiger partial charge < -0.3 is 24.8 Å². The third-order valence-electron chi connectivity index (χ3n) is 6.17. The first-order valence-electron chi connectivity index (χ1n) is 11.9. The van der Waals surface area contributed by atoms with E-state index in [9.17, 15) is 4.79 Å². The van der Waals surface area contributed by atoms with Gasteiger partial charge in [-0.15, -0.1) is 0 Å². The van der Waals surface area contributed by atoms with Crippen molar-refractivity contribution in [2.75, 3.05) is 60.9 Å². The molecule has 0 amide bonds. The maximum absolute atomic E-state index is 13.5. The van der Waals surface area contributed by atoms with Gasteiger partial charge in [-0.25, -0.2) is 15.0 Å². The van der Waals surface area contributed by atoms with Crippen LogP contribution >= 0.6 is 11.8 Å². The molecule has 0 spiro atoms. The summed E-state index contributed by atoms with van der Waals surface area (Å²) in [5.41, 5.74) is 3.41. The Morgan fingerprint density at radius 3 is 2.53 bits per heavy atom. The van der Waals surface area contributed by atoms with Crippen LogP contribution in [0.5, 0.6) is 0 Å². The average Bonchev–Trinajstić information content (AvgIpc) is 2.93. The number of hydrogen-bond donors (Lipinski definition) is 2. The number of thioether (sulfide) groups is 1. The van der Waals surface area contributed by atoms with E-state index in [1.54, 1.807) is 35.8 Å². The van der Waals surface area contributed by atoms with E-state index in [0.29, 0.717) is 29.4 Å². The lowest BCUT2D eigenvalue weighted by Gasteiger charge is -2.29. The number of fused-ring (bicyclic) bond motifs is 1. The SMILES string of the molecule is CNc1ncc(-c2cc3ccn(CCSC)c(=O)c3c(Nc3ccc(N4CCOCC4)cc3)n2)cn1. The van der Waals surface area contributed by atoms with Gasteiger partial charge in [-0.3, -0.25) is 4.79 Å². The van der Waals surface area contributed by atoms with Gasteiger partial charge >= 0.3 is 0 Å². The zero-order valence-corrected chi connectivity index (χ0v) is 21.2. The fourth-order valence-corrected chi connectivity index (χ4v) is 4.59. The summed E-state index contributed by atoms with van der Waals surface area (Å²) in [6, 6.07) is 12.1. The van der Waals surface area contributed by atoms with Crippen molar-refractivity contribution in [2.24, 2.45) is 0 Å². The molecule has 1 aromatic carbocycles. The fraction of sp³-hybridized carbons (Fsp3) is 0.308. The largest absolute Gasteiger partial charge is 0.378 e. The van der Waals surface area contributed by atoms with Crippen LogP contribution in [-0.2, 0) is 11.3 Å². The zero-order valence-electron chi connectivity index (χ0n) is 20.4. The van der Waals surface area contributed by atoms with Crippen molar-refractivity contribution in [3.63, 3.8) is 0 Å². The van der Waals surface area contributed by atoms with E-state index in [1.165, 1.54) is 0 Å². The Morgan fingerprint density at radius 1 is 1.08 bits per heavy atom. The van der Waals surface area contributed by atoms with E-state index in [2.05, 4.69) is 37.6 Å². The molecule has 5 rings (SSSR count). The molecular formula is C26H29N7O2S. The third kappa shape index (κ3) is 5.14. The number of aryl methyl sites for hydroxylation is 1. The van der Waals surface area contributed by atoms with Crippen molar-refractivity contribution < 1.29 is 4.74 Å². The highest BCUT2D eigenvalue weighted by atomic mass is 32.2. The lowest BCUT2D eigenvalue weighted by Crippen LogP contribution is -2.36. The Labute approximate surface area is 213 Å². The summed E-state index contributed by atoms with van der Waals surface area (Å²) < 4.78 is 7.21. The normalized spacial score (nSPS) is 13.7. The second-order valence-electron chi connectivity index (χ2n) is 8.44. The molecule has 4 heterocycles. The van der Waals surface area contributed by atoms with Crippen molar-refractivity contribution in [1.82, 2.24) is 19.5 Å². The van der Waals surface area contributed by atoms with Crippen molar-refractivity contribution in [1.29, 1.82) is 0 Å². The molecule has 1 fully saturated rings. The summed E-state index contributed by atoms with van der Waals surface area (Å²) in [5.74, 6) is 1.91. The van der Waals surface area contributed by atoms with Gasteiger partial charge in [0, 0.05) is 68.0 Å². The zero-order chi connectivity index (χ0) is 24.9. The predicted octanol–water partition coefficient (Wildman–Crippen LogP) is 3.84. The van der Waals surface area contributed by atoms with E-state index >= 15 is 0 Å². The van der Waals surface area contributed by atoms with Crippen LogP contribution in [0.2, 0.25) is 0 Å². The number of rotatable bonds is 8. The molecule has 1 aliphatic rings. The summed E-state index contributed by atoms with van der Waals surface area (Å²) in [6.45, 7) is 3.88. The van der Waals surface area contributed by atoms with Crippen LogP contribution in [-0.4, -0.2) is 64.9 Å². The van der Waals surface area contributed by atoms with Crippen LogP contribution < -0.4 is 21.1 Å². The highest BCUT2D eigenvalue weighted by molar-refractivity contribution is 7.98. The minimum absolute atomic E-state index is 0.0604. The number of ether oxygens (including phenoxy) is 1. The van der Waals surface area contributed by atoms with Crippen LogP contribution in [0.4, 0.5) is 23.1 Å². The summed E-state index contributed by atoms with van der Waals surface area (Å²) in [4.78, 5) is 29.3. The van der Waals surface area contributed by atoms with Crippen LogP contribution in [0.1, 0.15) is 0 Å². The first kappa shape index (κ1) is 24.1. The Bertz CT molecular complexity index is 1380. The lowest BCUT2D eigenvalue weighted by atomic mass is 10.1. The Kier molecular flexibility index (Phi) is 7.33. The molecule has 0 atom stereocenters. The monoisotopic (exact) mass is 503 g/mol. The van der Waals surface area contributed by atoms with Gasteiger partial charge in [0.25, 0.3) is 5.56 Å². The van der Waals surface area contributed by atoms with E-state index in [-0.39, 0.29) is 5.56 Å². The lowest BCUT2D eigenvalue weighted by molar-refractivity contribution is 0.122. The number of anilines is 4. The van der Waals surface area contributed by atoms with Crippen molar-refractivity contribution >= 4 is 45.7 Å². The molecule has 0 radical (unpaired) electrons. The molecule has 36 heavy (non-hydrogen) atoms. The maximum atomic E-state index is 13.5. The quantitative estimate of drug-likeness (QED) is 0.372. The molecule has 4 aromatic rings. The molecular weight excluding hydrogens is 474 g/mol. The first-order chi connectivity index (χ1) is 17.7. The van der Waals surface area contributed by atoms with Gasteiger partial charge in [0.1, 0.15) is 5.82 Å². The van der Waals surface area contributed by atoms with E-state index in [4.69, 9.17) is 9.72 Å². The van der Waals surface area contributed by atoms with Crippen LogP contribution in [0.25, 0.3) is 22.0 Å². The number of morpholine rings is 1. The average molecular weight is 504 g/mol. The van der Waals surface area contributed by atoms with Crippen molar-refractivity contribution in [2.45, 2.75) is 6.54 Å². The number of nitrogens with zero attached hydrogens (tertiary/aromatic N) is 5. The van der Waals surface area contributed by atoms with Crippen LogP contribution in [0.3, 0.4) is 0 Å². The molecule has 0 bridgehead atoms. The van der Waals surface area contributed by atoms with Gasteiger partial charge in [-0.2, -0.15) is 11.8 Å². The van der Waals surface area contributed by atoms with E-state index < -0.39 is 0 Å². The molecule has 3 aromatic heterocycles. The van der Waals surface area contributed by atoms with Gasteiger partial charge in [-0.05, 0) is 48.0 Å². The number of aromatic nitrogens is 4. The summed E-state index contributed by atoms with van der Waals surface area (Å²) >= 11 is 1.71. The second kappa shape index (κ2) is 11.0. The molecule has 1 aliphatic heterocycles. The maximum Gasteiger partial charge on any atom is 0.262 e. The Morgan fingerprint density at radius 2 is 1.83 bits per heavy atom. The van der Waals surface area contributed by atoms with E-state index in [0.717, 1.165) is 54.4 Å². The highest BCUT2D eigenvalue weighted by Gasteiger charge is 2.15. The highest BCUT2D eigenvalue weighted by Crippen LogP contribution is 2.29.